The molecule has 0 saturated carbocycles. The number of benzene rings is 2. The van der Waals surface area contributed by atoms with Gasteiger partial charge in [0.2, 0.25) is 9.84 Å². The topological polar surface area (TPSA) is 81.4 Å². The van der Waals surface area contributed by atoms with Crippen LogP contribution in [-0.4, -0.2) is 28.6 Å². The molecule has 0 atom stereocenters. The van der Waals surface area contributed by atoms with Crippen LogP contribution in [-0.2, 0) is 16.3 Å². The Kier molecular flexibility index (Phi) is 5.03. The summed E-state index contributed by atoms with van der Waals surface area (Å²) in [5, 5.41) is 0.776. The third-order valence-electron chi connectivity index (χ3n) is 5.47. The van der Waals surface area contributed by atoms with Gasteiger partial charge in [0.25, 0.3) is 0 Å². The van der Waals surface area contributed by atoms with Crippen LogP contribution in [0.4, 0.5) is 0 Å². The molecule has 5 rings (SSSR count). The first-order chi connectivity index (χ1) is 15.5. The second-order valence-electron chi connectivity index (χ2n) is 7.54. The van der Waals surface area contributed by atoms with E-state index in [-0.39, 0.29) is 15.6 Å². The number of hydrogen-bond donors (Lipinski definition) is 0. The quantitative estimate of drug-likeness (QED) is 0.362. The van der Waals surface area contributed by atoms with Crippen molar-refractivity contribution in [1.82, 2.24) is 14.4 Å². The number of carbonyl (C=O) groups excluding carboxylic acids is 1. The van der Waals surface area contributed by atoms with Crippen molar-refractivity contribution in [2.75, 3.05) is 0 Å². The number of aryl methyl sites for hydroxylation is 1. The third-order valence-corrected chi connectivity index (χ3v) is 7.24. The Bertz CT molecular complexity index is 1550. The maximum Gasteiger partial charge on any atom is 0.206 e. The van der Waals surface area contributed by atoms with Gasteiger partial charge in [0.05, 0.1) is 15.3 Å². The van der Waals surface area contributed by atoms with E-state index in [9.17, 15) is 13.2 Å². The minimum atomic E-state index is -3.64. The van der Waals surface area contributed by atoms with Gasteiger partial charge >= 0.3 is 0 Å². The Labute approximate surface area is 185 Å². The number of fused-ring (bicyclic) bond motifs is 2. The molecule has 158 valence electrons. The zero-order valence-electron chi connectivity index (χ0n) is 17.0. The number of Topliss-reactive ketones (excluding diaryl/α,β-unsaturated/α-hetero) is 1. The van der Waals surface area contributed by atoms with E-state index in [1.807, 2.05) is 16.5 Å². The fourth-order valence-corrected chi connectivity index (χ4v) is 4.98. The molecule has 3 aromatic heterocycles. The lowest BCUT2D eigenvalue weighted by Gasteiger charge is -2.08. The van der Waals surface area contributed by atoms with Crippen LogP contribution in [0.2, 0.25) is 0 Å². The van der Waals surface area contributed by atoms with E-state index in [2.05, 4.69) is 9.97 Å². The largest absolute Gasteiger partial charge is 0.306 e. The second-order valence-corrected chi connectivity index (χ2v) is 9.49. The highest BCUT2D eigenvalue weighted by molar-refractivity contribution is 7.91. The summed E-state index contributed by atoms with van der Waals surface area (Å²) in [5.74, 6) is 0.0297. The molecule has 0 N–H and O–H groups in total. The number of carbonyl (C=O) groups is 1. The molecule has 0 saturated heterocycles. The molecule has 6 nitrogen and oxygen atoms in total. The molecule has 32 heavy (non-hydrogen) atoms. The number of imidazole rings is 1. The van der Waals surface area contributed by atoms with Crippen LogP contribution in [0.3, 0.4) is 0 Å². The molecule has 0 aliphatic heterocycles. The van der Waals surface area contributed by atoms with Gasteiger partial charge in [-0.3, -0.25) is 9.78 Å². The average Bonchev–Trinajstić information content (AvgIpc) is 3.30. The van der Waals surface area contributed by atoms with Crippen molar-refractivity contribution in [2.24, 2.45) is 0 Å². The molecule has 0 aliphatic carbocycles. The highest BCUT2D eigenvalue weighted by Gasteiger charge is 2.18. The predicted octanol–water partition coefficient (Wildman–Crippen LogP) is 4.53. The Morgan fingerprint density at radius 2 is 1.69 bits per heavy atom. The Morgan fingerprint density at radius 3 is 2.53 bits per heavy atom. The van der Waals surface area contributed by atoms with Gasteiger partial charge in [-0.25, -0.2) is 13.4 Å². The zero-order chi connectivity index (χ0) is 22.1. The van der Waals surface area contributed by atoms with Crippen molar-refractivity contribution < 1.29 is 13.2 Å². The summed E-state index contributed by atoms with van der Waals surface area (Å²) in [4.78, 5) is 21.4. The Hall–Kier alpha value is -3.84. The van der Waals surface area contributed by atoms with Gasteiger partial charge in [0, 0.05) is 42.2 Å². The molecule has 0 aliphatic rings. The maximum atomic E-state index is 13.0. The Balaban J connectivity index is 1.31. The minimum Gasteiger partial charge on any atom is -0.306 e. The van der Waals surface area contributed by atoms with E-state index in [0.717, 1.165) is 22.1 Å². The van der Waals surface area contributed by atoms with E-state index in [4.69, 9.17) is 0 Å². The third kappa shape index (κ3) is 3.78. The van der Waals surface area contributed by atoms with Crippen LogP contribution in [0.25, 0.3) is 16.6 Å². The molecule has 0 radical (unpaired) electrons. The predicted molar refractivity (Wildman–Crippen MR) is 121 cm³/mol. The first kappa shape index (κ1) is 20.1. The lowest BCUT2D eigenvalue weighted by Crippen LogP contribution is -2.04. The number of nitrogens with zero attached hydrogens (tertiary/aromatic N) is 3. The molecule has 0 spiro atoms. The SMILES string of the molecule is O=C(CCc1ccc(S(=O)(=O)c2ccc3ncccc3c2)cc1)c1ccc2nccn2c1. The first-order valence-electron chi connectivity index (χ1n) is 10.2. The summed E-state index contributed by atoms with van der Waals surface area (Å²) >= 11 is 0. The summed E-state index contributed by atoms with van der Waals surface area (Å²) in [6.45, 7) is 0. The van der Waals surface area contributed by atoms with E-state index < -0.39 is 9.84 Å². The summed E-state index contributed by atoms with van der Waals surface area (Å²) in [6.07, 6.45) is 7.81. The molecule has 2 aromatic carbocycles. The van der Waals surface area contributed by atoms with Crippen molar-refractivity contribution in [3.63, 3.8) is 0 Å². The van der Waals surface area contributed by atoms with Crippen LogP contribution in [0.1, 0.15) is 22.3 Å². The van der Waals surface area contributed by atoms with Gasteiger partial charge in [-0.1, -0.05) is 18.2 Å². The van der Waals surface area contributed by atoms with Crippen molar-refractivity contribution in [3.05, 3.63) is 103 Å². The Morgan fingerprint density at radius 1 is 0.875 bits per heavy atom. The number of ketones is 1. The smallest absolute Gasteiger partial charge is 0.206 e. The molecule has 5 aromatic rings. The summed E-state index contributed by atoms with van der Waals surface area (Å²) in [7, 11) is -3.64. The van der Waals surface area contributed by atoms with Gasteiger partial charge < -0.3 is 4.40 Å². The van der Waals surface area contributed by atoms with Crippen molar-refractivity contribution >= 4 is 32.2 Å². The van der Waals surface area contributed by atoms with Crippen molar-refractivity contribution in [3.8, 4) is 0 Å². The summed E-state index contributed by atoms with van der Waals surface area (Å²) < 4.78 is 27.9. The zero-order valence-corrected chi connectivity index (χ0v) is 17.9. The average molecular weight is 442 g/mol. The van der Waals surface area contributed by atoms with Gasteiger partial charge in [-0.05, 0) is 60.5 Å². The van der Waals surface area contributed by atoms with E-state index in [1.165, 1.54) is 0 Å². The standard InChI is InChI=1S/C25H19N3O3S/c29-24(20-6-12-25-27-14-15-28(25)17-20)11-5-18-3-7-21(8-4-18)32(30,31)22-9-10-23-19(16-22)2-1-13-26-23/h1-4,6-10,12-17H,5,11H2. The van der Waals surface area contributed by atoms with Gasteiger partial charge in [0.15, 0.2) is 5.78 Å². The lowest BCUT2D eigenvalue weighted by molar-refractivity contribution is 0.0982. The number of sulfone groups is 1. The molecular weight excluding hydrogens is 422 g/mol. The van der Waals surface area contributed by atoms with Crippen LogP contribution >= 0.6 is 0 Å². The molecule has 0 fully saturated rings. The summed E-state index contributed by atoms with van der Waals surface area (Å²) in [6, 6.07) is 18.9. The van der Waals surface area contributed by atoms with Crippen LogP contribution in [0.15, 0.2) is 101 Å². The molecule has 0 amide bonds. The number of rotatable bonds is 6. The monoisotopic (exact) mass is 441 g/mol. The second kappa shape index (κ2) is 8.01. The number of pyridine rings is 2. The van der Waals surface area contributed by atoms with Crippen molar-refractivity contribution in [2.45, 2.75) is 22.6 Å². The van der Waals surface area contributed by atoms with E-state index >= 15 is 0 Å². The van der Waals surface area contributed by atoms with Gasteiger partial charge in [-0.15, -0.1) is 0 Å². The molecule has 0 bridgehead atoms. The van der Waals surface area contributed by atoms with Gasteiger partial charge in [-0.2, -0.15) is 0 Å². The highest BCUT2D eigenvalue weighted by Crippen LogP contribution is 2.24. The minimum absolute atomic E-state index is 0.0297. The van der Waals surface area contributed by atoms with Crippen LogP contribution < -0.4 is 0 Å². The van der Waals surface area contributed by atoms with Crippen LogP contribution in [0, 0.1) is 0 Å². The van der Waals surface area contributed by atoms with Crippen LogP contribution in [0.5, 0.6) is 0 Å². The van der Waals surface area contributed by atoms with Crippen molar-refractivity contribution in [1.29, 1.82) is 0 Å². The molecule has 7 heteroatoms. The highest BCUT2D eigenvalue weighted by atomic mass is 32.2. The summed E-state index contributed by atoms with van der Waals surface area (Å²) in [5.41, 5.74) is 3.07. The lowest BCUT2D eigenvalue weighted by atomic mass is 10.0. The molecule has 3 heterocycles. The van der Waals surface area contributed by atoms with E-state index in [0.29, 0.717) is 18.4 Å². The van der Waals surface area contributed by atoms with E-state index in [1.54, 1.807) is 79.4 Å². The number of aromatic nitrogens is 3. The first-order valence-corrected chi connectivity index (χ1v) is 11.6. The molecular formula is C25H19N3O3S. The fourth-order valence-electron chi connectivity index (χ4n) is 3.68. The fraction of sp³-hybridized carbons (Fsp3) is 0.0800. The normalized spacial score (nSPS) is 11.8. The molecule has 0 unspecified atom stereocenters. The number of hydrogen-bond acceptors (Lipinski definition) is 5. The van der Waals surface area contributed by atoms with Gasteiger partial charge in [0.1, 0.15) is 5.65 Å². The maximum absolute atomic E-state index is 13.0.